The summed E-state index contributed by atoms with van der Waals surface area (Å²) in [6.07, 6.45) is 0.489. The first-order valence-corrected chi connectivity index (χ1v) is 7.82. The molecule has 0 aliphatic heterocycles. The molecule has 0 aromatic rings. The molecular formula is C11H25NO5S. The van der Waals surface area contributed by atoms with Crippen molar-refractivity contribution in [2.75, 3.05) is 52.4 Å². The van der Waals surface area contributed by atoms with Crippen LogP contribution in [0.15, 0.2) is 0 Å². The molecule has 0 aliphatic rings. The van der Waals surface area contributed by atoms with Crippen molar-refractivity contribution in [3.63, 3.8) is 0 Å². The molecule has 0 spiro atoms. The summed E-state index contributed by atoms with van der Waals surface area (Å²) in [5, 5.41) is -0.399. The van der Waals surface area contributed by atoms with Gasteiger partial charge in [-0.2, -0.15) is 0 Å². The zero-order chi connectivity index (χ0) is 13.9. The van der Waals surface area contributed by atoms with Crippen molar-refractivity contribution in [1.29, 1.82) is 0 Å². The van der Waals surface area contributed by atoms with E-state index in [1.165, 1.54) is 0 Å². The van der Waals surface area contributed by atoms with Gasteiger partial charge in [0.1, 0.15) is 0 Å². The van der Waals surface area contributed by atoms with Gasteiger partial charge in [0.2, 0.25) is 0 Å². The van der Waals surface area contributed by atoms with Crippen LogP contribution < -0.4 is 5.73 Å². The third kappa shape index (κ3) is 8.82. The number of methoxy groups -OCH3 is 1. The van der Waals surface area contributed by atoms with Gasteiger partial charge in [0.25, 0.3) is 0 Å². The fourth-order valence-electron chi connectivity index (χ4n) is 1.25. The lowest BCUT2D eigenvalue weighted by molar-refractivity contribution is 0.0284. The van der Waals surface area contributed by atoms with Crippen LogP contribution >= 0.6 is 0 Å². The van der Waals surface area contributed by atoms with Gasteiger partial charge in [0.15, 0.2) is 9.84 Å². The van der Waals surface area contributed by atoms with Gasteiger partial charge in [-0.05, 0) is 19.9 Å². The molecule has 110 valence electrons. The molecule has 7 heteroatoms. The first-order chi connectivity index (χ1) is 8.54. The van der Waals surface area contributed by atoms with E-state index in [0.717, 1.165) is 0 Å². The first kappa shape index (κ1) is 17.8. The van der Waals surface area contributed by atoms with Crippen molar-refractivity contribution in [3.8, 4) is 0 Å². The van der Waals surface area contributed by atoms with Crippen molar-refractivity contribution in [1.82, 2.24) is 0 Å². The summed E-state index contributed by atoms with van der Waals surface area (Å²) in [4.78, 5) is 0. The second-order valence-corrected chi connectivity index (χ2v) is 6.51. The molecule has 0 saturated heterocycles. The molecular weight excluding hydrogens is 258 g/mol. The number of ether oxygens (including phenoxy) is 3. The Balaban J connectivity index is 3.53. The molecule has 2 N–H and O–H groups in total. The van der Waals surface area contributed by atoms with Crippen LogP contribution in [0.5, 0.6) is 0 Å². The van der Waals surface area contributed by atoms with Gasteiger partial charge in [-0.3, -0.25) is 0 Å². The zero-order valence-electron chi connectivity index (χ0n) is 11.3. The van der Waals surface area contributed by atoms with Gasteiger partial charge in [0.05, 0.1) is 44.0 Å². The van der Waals surface area contributed by atoms with Crippen LogP contribution in [-0.4, -0.2) is 66.1 Å². The number of hydrogen-bond donors (Lipinski definition) is 1. The molecule has 0 aromatic carbocycles. The summed E-state index contributed by atoms with van der Waals surface area (Å²) in [5.74, 6) is 0.0340. The normalized spacial score (nSPS) is 13.7. The third-order valence-electron chi connectivity index (χ3n) is 2.50. The molecule has 0 fully saturated rings. The van der Waals surface area contributed by atoms with Crippen LogP contribution in [0.25, 0.3) is 0 Å². The minimum absolute atomic E-state index is 0.0340. The first-order valence-electron chi connectivity index (χ1n) is 6.10. The lowest BCUT2D eigenvalue weighted by Gasteiger charge is -2.11. The molecule has 0 rings (SSSR count). The van der Waals surface area contributed by atoms with Gasteiger partial charge in [-0.1, -0.05) is 0 Å². The molecule has 0 aromatic heterocycles. The second-order valence-electron chi connectivity index (χ2n) is 3.97. The molecule has 1 atom stereocenters. The largest absolute Gasteiger partial charge is 0.382 e. The maximum atomic E-state index is 11.7. The second kappa shape index (κ2) is 10.7. The van der Waals surface area contributed by atoms with Crippen molar-refractivity contribution < 1.29 is 22.6 Å². The Morgan fingerprint density at radius 1 is 1.06 bits per heavy atom. The summed E-state index contributed by atoms with van der Waals surface area (Å²) in [7, 11) is -1.49. The minimum Gasteiger partial charge on any atom is -0.382 e. The van der Waals surface area contributed by atoms with Gasteiger partial charge < -0.3 is 19.9 Å². The minimum atomic E-state index is -3.09. The Morgan fingerprint density at radius 3 is 2.17 bits per heavy atom. The maximum absolute atomic E-state index is 11.7. The average molecular weight is 283 g/mol. The van der Waals surface area contributed by atoms with Crippen molar-refractivity contribution in [3.05, 3.63) is 0 Å². The van der Waals surface area contributed by atoms with Crippen LogP contribution in [0, 0.1) is 0 Å². The summed E-state index contributed by atoms with van der Waals surface area (Å²) >= 11 is 0. The molecule has 0 bridgehead atoms. The number of sulfone groups is 1. The highest BCUT2D eigenvalue weighted by atomic mass is 32.2. The van der Waals surface area contributed by atoms with Crippen molar-refractivity contribution in [2.45, 2.75) is 18.6 Å². The van der Waals surface area contributed by atoms with E-state index < -0.39 is 15.1 Å². The quantitative estimate of drug-likeness (QED) is 0.500. The molecule has 0 radical (unpaired) electrons. The van der Waals surface area contributed by atoms with Gasteiger partial charge in [0, 0.05) is 7.11 Å². The number of nitrogens with two attached hydrogens (primary N) is 1. The molecule has 6 nitrogen and oxygen atoms in total. The Hall–Kier alpha value is -0.210. The third-order valence-corrected chi connectivity index (χ3v) is 4.70. The Morgan fingerprint density at radius 2 is 1.61 bits per heavy atom. The van der Waals surface area contributed by atoms with Crippen LogP contribution in [0.1, 0.15) is 13.3 Å². The summed E-state index contributed by atoms with van der Waals surface area (Å²) in [6, 6.07) is 0. The van der Waals surface area contributed by atoms with Crippen molar-refractivity contribution >= 4 is 9.84 Å². The van der Waals surface area contributed by atoms with E-state index in [0.29, 0.717) is 39.4 Å². The Bertz CT molecular complexity index is 281. The van der Waals surface area contributed by atoms with Crippen LogP contribution in [0.3, 0.4) is 0 Å². The molecule has 0 aliphatic carbocycles. The standard InChI is InChI=1S/C11H25NO5S/c1-11(3-4-12)18(13,14)10-9-17-8-7-16-6-5-15-2/h11H,3-10,12H2,1-2H3. The predicted molar refractivity (Wildman–Crippen MR) is 70.4 cm³/mol. The lowest BCUT2D eigenvalue weighted by atomic mass is 10.3. The topological polar surface area (TPSA) is 87.9 Å². The van der Waals surface area contributed by atoms with Crippen LogP contribution in [-0.2, 0) is 24.0 Å². The van der Waals surface area contributed by atoms with E-state index in [2.05, 4.69) is 0 Å². The van der Waals surface area contributed by atoms with E-state index in [-0.39, 0.29) is 12.4 Å². The van der Waals surface area contributed by atoms with Crippen LogP contribution in [0.4, 0.5) is 0 Å². The van der Waals surface area contributed by atoms with Crippen molar-refractivity contribution in [2.24, 2.45) is 5.73 Å². The highest BCUT2D eigenvalue weighted by Crippen LogP contribution is 2.05. The lowest BCUT2D eigenvalue weighted by Crippen LogP contribution is -2.26. The van der Waals surface area contributed by atoms with E-state index in [4.69, 9.17) is 19.9 Å². The van der Waals surface area contributed by atoms with E-state index in [1.807, 2.05) is 0 Å². The predicted octanol–water partition coefficient (Wildman–Crippen LogP) is -0.182. The Kier molecular flexibility index (Phi) is 10.6. The highest BCUT2D eigenvalue weighted by Gasteiger charge is 2.19. The smallest absolute Gasteiger partial charge is 0.155 e. The highest BCUT2D eigenvalue weighted by molar-refractivity contribution is 7.92. The SMILES string of the molecule is COCCOCCOCCS(=O)(=O)C(C)CCN. The van der Waals surface area contributed by atoms with E-state index in [1.54, 1.807) is 14.0 Å². The maximum Gasteiger partial charge on any atom is 0.155 e. The number of hydrogen-bond acceptors (Lipinski definition) is 6. The average Bonchev–Trinajstić information content (AvgIpc) is 2.33. The van der Waals surface area contributed by atoms with E-state index >= 15 is 0 Å². The molecule has 0 saturated carbocycles. The summed E-state index contributed by atoms with van der Waals surface area (Å²) in [6.45, 7) is 4.17. The zero-order valence-corrected chi connectivity index (χ0v) is 12.1. The van der Waals surface area contributed by atoms with Gasteiger partial charge in [-0.25, -0.2) is 8.42 Å². The molecule has 18 heavy (non-hydrogen) atoms. The molecule has 1 unspecified atom stereocenters. The molecule has 0 amide bonds. The van der Waals surface area contributed by atoms with Crippen LogP contribution in [0.2, 0.25) is 0 Å². The fraction of sp³-hybridized carbons (Fsp3) is 1.00. The molecule has 0 heterocycles. The Labute approximate surface area is 110 Å². The number of rotatable bonds is 12. The fourth-order valence-corrected chi connectivity index (χ4v) is 2.50. The van der Waals surface area contributed by atoms with Gasteiger partial charge in [-0.15, -0.1) is 0 Å². The van der Waals surface area contributed by atoms with E-state index in [9.17, 15) is 8.42 Å². The summed E-state index contributed by atoms with van der Waals surface area (Å²) < 4.78 is 38.6. The summed E-state index contributed by atoms with van der Waals surface area (Å²) in [5.41, 5.74) is 5.34. The monoisotopic (exact) mass is 283 g/mol. The van der Waals surface area contributed by atoms with Gasteiger partial charge >= 0.3 is 0 Å².